The molecule has 3 nitrogen and oxygen atoms in total. The smallest absolute Gasteiger partial charge is 0.316 e. The molecule has 0 radical (unpaired) electrons. The Hall–Kier alpha value is -1.77. The number of rotatable bonds is 10. The summed E-state index contributed by atoms with van der Waals surface area (Å²) in [5.74, 6) is 1.80. The summed E-state index contributed by atoms with van der Waals surface area (Å²) in [5.41, 5.74) is 2.38. The highest BCUT2D eigenvalue weighted by Gasteiger charge is 2.34. The summed E-state index contributed by atoms with van der Waals surface area (Å²) < 4.78 is 12.1. The van der Waals surface area contributed by atoms with Gasteiger partial charge in [0.05, 0.1) is 11.2 Å². The number of hydrogen-bond donors (Lipinski definition) is 0. The van der Waals surface area contributed by atoms with Crippen LogP contribution >= 0.6 is 0 Å². The fraction of sp³-hybridized carbons (Fsp3) is 0.679. The van der Waals surface area contributed by atoms with Crippen LogP contribution in [0.4, 0.5) is 0 Å². The number of ether oxygens (including phenoxy) is 2. The average Bonchev–Trinajstić information content (AvgIpc) is 2.79. The van der Waals surface area contributed by atoms with Gasteiger partial charge >= 0.3 is 5.97 Å². The molecule has 2 aliphatic rings. The van der Waals surface area contributed by atoms with Gasteiger partial charge in [-0.25, -0.2) is 0 Å². The summed E-state index contributed by atoms with van der Waals surface area (Å²) in [4.78, 5) is 12.6. The largest absolute Gasteiger partial charge is 0.492 e. The molecule has 0 aromatic rings. The van der Waals surface area contributed by atoms with Crippen molar-refractivity contribution in [3.05, 3.63) is 47.0 Å². The molecule has 0 bridgehead atoms. The second-order valence-corrected chi connectivity index (χ2v) is 10.2. The van der Waals surface area contributed by atoms with E-state index in [1.165, 1.54) is 11.1 Å². The predicted octanol–water partition coefficient (Wildman–Crippen LogP) is 8.19. The van der Waals surface area contributed by atoms with Crippen LogP contribution in [0, 0.1) is 10.8 Å². The maximum absolute atomic E-state index is 12.6. The molecule has 0 fully saturated rings. The molecular weight excluding hydrogens is 384 g/mol. The minimum absolute atomic E-state index is 0.00572. The van der Waals surface area contributed by atoms with Gasteiger partial charge in [-0.15, -0.1) is 0 Å². The Morgan fingerprint density at radius 1 is 0.742 bits per heavy atom. The van der Waals surface area contributed by atoms with Gasteiger partial charge in [-0.3, -0.25) is 4.79 Å². The first-order valence-electron chi connectivity index (χ1n) is 12.2. The third-order valence-electron chi connectivity index (χ3n) is 7.98. The van der Waals surface area contributed by atoms with Crippen molar-refractivity contribution in [3.8, 4) is 0 Å². The summed E-state index contributed by atoms with van der Waals surface area (Å²) in [6, 6.07) is 0. The van der Waals surface area contributed by atoms with Crippen LogP contribution in [0.5, 0.6) is 0 Å². The van der Waals surface area contributed by atoms with Crippen LogP contribution in [0.15, 0.2) is 47.0 Å². The number of carbonyl (C=O) groups is 1. The highest BCUT2D eigenvalue weighted by atomic mass is 16.5. The van der Waals surface area contributed by atoms with E-state index < -0.39 is 5.41 Å². The van der Waals surface area contributed by atoms with Gasteiger partial charge in [0, 0.05) is 18.3 Å². The first-order chi connectivity index (χ1) is 14.5. The third kappa shape index (κ3) is 5.93. The summed E-state index contributed by atoms with van der Waals surface area (Å²) in [6.45, 7) is 17.3. The molecule has 0 aromatic carbocycles. The first kappa shape index (κ1) is 25.5. The Kier molecular flexibility index (Phi) is 8.41. The van der Waals surface area contributed by atoms with E-state index in [0.717, 1.165) is 62.9 Å². The number of hydrogen-bond acceptors (Lipinski definition) is 3. The standard InChI is InChI=1S/C28H44O3/c1-9-27(7,10-2)25(29)30-23-17-13-21(14-18-23)26(5,6)22-15-19-24(20-16-22)31-28(8,11-3)12-4/h13,15,17,19H,9-12,14,16,18,20H2,1-8H3. The van der Waals surface area contributed by atoms with Crippen molar-refractivity contribution in [1.29, 1.82) is 0 Å². The zero-order chi connectivity index (χ0) is 23.3. The van der Waals surface area contributed by atoms with Gasteiger partial charge in [-0.2, -0.15) is 0 Å². The Morgan fingerprint density at radius 3 is 1.61 bits per heavy atom. The van der Waals surface area contributed by atoms with Gasteiger partial charge in [0.2, 0.25) is 0 Å². The van der Waals surface area contributed by atoms with Crippen LogP contribution in [-0.2, 0) is 14.3 Å². The summed E-state index contributed by atoms with van der Waals surface area (Å²) in [7, 11) is 0. The minimum Gasteiger partial charge on any atom is -0.492 e. The highest BCUT2D eigenvalue weighted by molar-refractivity contribution is 5.77. The van der Waals surface area contributed by atoms with Crippen LogP contribution in [-0.4, -0.2) is 11.6 Å². The molecule has 0 atom stereocenters. The molecule has 2 aliphatic carbocycles. The maximum Gasteiger partial charge on any atom is 0.316 e. The molecule has 0 unspecified atom stereocenters. The molecule has 0 spiro atoms. The lowest BCUT2D eigenvalue weighted by Crippen LogP contribution is -2.29. The van der Waals surface area contributed by atoms with E-state index in [4.69, 9.17) is 9.47 Å². The molecule has 0 N–H and O–H groups in total. The molecular formula is C28H44O3. The van der Waals surface area contributed by atoms with E-state index in [-0.39, 0.29) is 17.0 Å². The van der Waals surface area contributed by atoms with Gasteiger partial charge in [0.1, 0.15) is 11.4 Å². The van der Waals surface area contributed by atoms with Crippen molar-refractivity contribution in [2.75, 3.05) is 0 Å². The van der Waals surface area contributed by atoms with E-state index >= 15 is 0 Å². The number of esters is 1. The fourth-order valence-electron chi connectivity index (χ4n) is 4.15. The van der Waals surface area contributed by atoms with Gasteiger partial charge in [-0.1, -0.05) is 64.8 Å². The molecule has 3 heteroatoms. The van der Waals surface area contributed by atoms with Crippen LogP contribution in [0.25, 0.3) is 0 Å². The Balaban J connectivity index is 2.10. The number of carbonyl (C=O) groups excluding carboxylic acids is 1. The van der Waals surface area contributed by atoms with Crippen molar-refractivity contribution in [2.45, 2.75) is 112 Å². The second-order valence-electron chi connectivity index (χ2n) is 10.2. The predicted molar refractivity (Wildman–Crippen MR) is 129 cm³/mol. The third-order valence-corrected chi connectivity index (χ3v) is 7.98. The van der Waals surface area contributed by atoms with Crippen molar-refractivity contribution in [1.82, 2.24) is 0 Å². The van der Waals surface area contributed by atoms with Crippen molar-refractivity contribution in [3.63, 3.8) is 0 Å². The van der Waals surface area contributed by atoms with Crippen LogP contribution in [0.1, 0.15) is 107 Å². The summed E-state index contributed by atoms with van der Waals surface area (Å²) in [5, 5.41) is 0. The van der Waals surface area contributed by atoms with Crippen molar-refractivity contribution < 1.29 is 14.3 Å². The van der Waals surface area contributed by atoms with Crippen LogP contribution < -0.4 is 0 Å². The molecule has 0 aliphatic heterocycles. The van der Waals surface area contributed by atoms with Crippen LogP contribution in [0.2, 0.25) is 0 Å². The van der Waals surface area contributed by atoms with Gasteiger partial charge in [0.25, 0.3) is 0 Å². The molecule has 0 saturated carbocycles. The lowest BCUT2D eigenvalue weighted by molar-refractivity contribution is -0.151. The van der Waals surface area contributed by atoms with E-state index in [0.29, 0.717) is 0 Å². The van der Waals surface area contributed by atoms with Gasteiger partial charge in [0.15, 0.2) is 0 Å². The second kappa shape index (κ2) is 10.2. The lowest BCUT2D eigenvalue weighted by atomic mass is 9.71. The fourth-order valence-corrected chi connectivity index (χ4v) is 4.15. The van der Waals surface area contributed by atoms with Gasteiger partial charge < -0.3 is 9.47 Å². The van der Waals surface area contributed by atoms with E-state index in [1.807, 2.05) is 26.8 Å². The molecule has 174 valence electrons. The molecule has 2 rings (SSSR count). The Bertz CT molecular complexity index is 768. The summed E-state index contributed by atoms with van der Waals surface area (Å²) in [6.07, 6.45) is 15.9. The molecule has 0 saturated heterocycles. The zero-order valence-electron chi connectivity index (χ0n) is 21.2. The lowest BCUT2D eigenvalue weighted by Gasteiger charge is -2.36. The van der Waals surface area contributed by atoms with E-state index in [9.17, 15) is 4.79 Å². The van der Waals surface area contributed by atoms with Crippen molar-refractivity contribution >= 4 is 5.97 Å². The Labute approximate surface area is 190 Å². The molecule has 0 aromatic heterocycles. The molecule has 31 heavy (non-hydrogen) atoms. The van der Waals surface area contributed by atoms with Crippen LogP contribution in [0.3, 0.4) is 0 Å². The Morgan fingerprint density at radius 2 is 1.23 bits per heavy atom. The summed E-state index contributed by atoms with van der Waals surface area (Å²) >= 11 is 0. The molecule has 0 heterocycles. The van der Waals surface area contributed by atoms with E-state index in [2.05, 4.69) is 52.8 Å². The first-order valence-corrected chi connectivity index (χ1v) is 12.2. The normalized spacial score (nSPS) is 17.9. The average molecular weight is 429 g/mol. The van der Waals surface area contributed by atoms with Gasteiger partial charge in [-0.05, 0) is 64.5 Å². The van der Waals surface area contributed by atoms with E-state index in [1.54, 1.807) is 0 Å². The van der Waals surface area contributed by atoms with Crippen molar-refractivity contribution in [2.24, 2.45) is 10.8 Å². The SMILES string of the molecule is CCC(C)(CC)OC1=CC=C(C(C)(C)C2=CC=C(OC(=O)C(C)(CC)CC)CC2)CC1. The highest BCUT2D eigenvalue weighted by Crippen LogP contribution is 2.44. The number of allylic oxidation sites excluding steroid dienone is 8. The quantitative estimate of drug-likeness (QED) is 0.329. The topological polar surface area (TPSA) is 35.5 Å². The monoisotopic (exact) mass is 428 g/mol. The zero-order valence-corrected chi connectivity index (χ0v) is 21.2. The maximum atomic E-state index is 12.6. The minimum atomic E-state index is -0.394. The molecule has 0 amide bonds.